The number of rotatable bonds is 1. The Morgan fingerprint density at radius 1 is 1.57 bits per heavy atom. The van der Waals surface area contributed by atoms with Gasteiger partial charge in [0.15, 0.2) is 0 Å². The smallest absolute Gasteiger partial charge is 0.141 e. The van der Waals surface area contributed by atoms with Crippen LogP contribution in [0.3, 0.4) is 0 Å². The van der Waals surface area contributed by atoms with Crippen molar-refractivity contribution in [1.82, 2.24) is 4.98 Å². The van der Waals surface area contributed by atoms with Crippen molar-refractivity contribution in [2.45, 2.75) is 37.7 Å². The van der Waals surface area contributed by atoms with Crippen LogP contribution in [0.15, 0.2) is 18.5 Å². The normalized spacial score (nSPS) is 32.1. The lowest BCUT2D eigenvalue weighted by Gasteiger charge is -2.23. The molecule has 1 fully saturated rings. The second-order valence-corrected chi connectivity index (χ2v) is 4.35. The average molecular weight is 195 g/mol. The predicted molar refractivity (Wildman–Crippen MR) is 51.4 cm³/mol. The lowest BCUT2D eigenvalue weighted by molar-refractivity contribution is 0.175. The van der Waals surface area contributed by atoms with Gasteiger partial charge >= 0.3 is 0 Å². The summed E-state index contributed by atoms with van der Waals surface area (Å²) in [5.41, 5.74) is 0.795. The number of halogens is 1. The van der Waals surface area contributed by atoms with Gasteiger partial charge in [0.1, 0.15) is 5.82 Å². The topological polar surface area (TPSA) is 33.1 Å². The Bertz CT molecular complexity index is 342. The molecule has 1 heterocycles. The molecule has 0 saturated heterocycles. The van der Waals surface area contributed by atoms with Crippen molar-refractivity contribution in [3.05, 3.63) is 29.8 Å². The SMILES string of the molecule is CC1(c2cncc(F)c2)CCC(O)C1. The number of aliphatic hydroxyl groups excluding tert-OH is 1. The summed E-state index contributed by atoms with van der Waals surface area (Å²) in [6.07, 6.45) is 5.06. The number of aliphatic hydroxyl groups is 1. The third-order valence-corrected chi connectivity index (χ3v) is 3.12. The molecule has 14 heavy (non-hydrogen) atoms. The summed E-state index contributed by atoms with van der Waals surface area (Å²) >= 11 is 0. The molecule has 0 aliphatic heterocycles. The van der Waals surface area contributed by atoms with Crippen LogP contribution in [-0.4, -0.2) is 16.2 Å². The Morgan fingerprint density at radius 2 is 2.36 bits per heavy atom. The number of nitrogens with zero attached hydrogens (tertiary/aromatic N) is 1. The van der Waals surface area contributed by atoms with Gasteiger partial charge in [-0.25, -0.2) is 4.39 Å². The monoisotopic (exact) mass is 195 g/mol. The standard InChI is InChI=1S/C11H14FNO/c1-11(3-2-10(14)5-11)8-4-9(12)7-13-6-8/h4,6-7,10,14H,2-3,5H2,1H3. The Hall–Kier alpha value is -0.960. The summed E-state index contributed by atoms with van der Waals surface area (Å²) in [6, 6.07) is 1.52. The van der Waals surface area contributed by atoms with Crippen molar-refractivity contribution < 1.29 is 9.50 Å². The number of aromatic nitrogens is 1. The highest BCUT2D eigenvalue weighted by atomic mass is 19.1. The van der Waals surface area contributed by atoms with Gasteiger partial charge in [0.2, 0.25) is 0 Å². The molecule has 1 aromatic heterocycles. The lowest BCUT2D eigenvalue weighted by Crippen LogP contribution is -2.19. The van der Waals surface area contributed by atoms with E-state index < -0.39 is 0 Å². The number of hydrogen-bond donors (Lipinski definition) is 1. The van der Waals surface area contributed by atoms with Crippen LogP contribution in [0, 0.1) is 5.82 Å². The van der Waals surface area contributed by atoms with Crippen LogP contribution in [0.2, 0.25) is 0 Å². The molecule has 1 aromatic rings. The zero-order chi connectivity index (χ0) is 10.2. The van der Waals surface area contributed by atoms with Crippen LogP contribution in [0.1, 0.15) is 31.7 Å². The van der Waals surface area contributed by atoms with E-state index in [-0.39, 0.29) is 17.3 Å². The van der Waals surface area contributed by atoms with E-state index in [0.717, 1.165) is 18.4 Å². The molecule has 76 valence electrons. The fraction of sp³-hybridized carbons (Fsp3) is 0.545. The molecule has 3 heteroatoms. The molecule has 2 unspecified atom stereocenters. The maximum absolute atomic E-state index is 13.0. The maximum Gasteiger partial charge on any atom is 0.141 e. The van der Waals surface area contributed by atoms with Gasteiger partial charge in [-0.3, -0.25) is 4.98 Å². The van der Waals surface area contributed by atoms with Crippen LogP contribution in [0.25, 0.3) is 0 Å². The second kappa shape index (κ2) is 3.31. The molecule has 1 N–H and O–H groups in total. The van der Waals surface area contributed by atoms with Crippen molar-refractivity contribution >= 4 is 0 Å². The number of hydrogen-bond acceptors (Lipinski definition) is 2. The van der Waals surface area contributed by atoms with E-state index in [2.05, 4.69) is 11.9 Å². The Balaban J connectivity index is 2.30. The molecule has 1 saturated carbocycles. The van der Waals surface area contributed by atoms with E-state index in [0.29, 0.717) is 6.42 Å². The lowest BCUT2D eigenvalue weighted by atomic mass is 9.82. The Morgan fingerprint density at radius 3 is 2.93 bits per heavy atom. The molecule has 0 spiro atoms. The summed E-state index contributed by atoms with van der Waals surface area (Å²) in [4.78, 5) is 3.84. The molecular weight excluding hydrogens is 181 g/mol. The third-order valence-electron chi connectivity index (χ3n) is 3.12. The predicted octanol–water partition coefficient (Wildman–Crippen LogP) is 2.02. The first-order valence-electron chi connectivity index (χ1n) is 4.89. The van der Waals surface area contributed by atoms with Crippen LogP contribution in [-0.2, 0) is 5.41 Å². The van der Waals surface area contributed by atoms with E-state index in [1.54, 1.807) is 6.20 Å². The fourth-order valence-electron chi connectivity index (χ4n) is 2.21. The number of pyridine rings is 1. The minimum Gasteiger partial charge on any atom is -0.393 e. The second-order valence-electron chi connectivity index (χ2n) is 4.35. The van der Waals surface area contributed by atoms with Crippen molar-refractivity contribution in [1.29, 1.82) is 0 Å². The molecule has 2 nitrogen and oxygen atoms in total. The van der Waals surface area contributed by atoms with Crippen LogP contribution in [0.4, 0.5) is 4.39 Å². The van der Waals surface area contributed by atoms with Crippen LogP contribution >= 0.6 is 0 Å². The molecule has 2 atom stereocenters. The van der Waals surface area contributed by atoms with Crippen molar-refractivity contribution in [3.63, 3.8) is 0 Å². The molecule has 1 aliphatic carbocycles. The minimum atomic E-state index is -0.301. The zero-order valence-corrected chi connectivity index (χ0v) is 8.20. The summed E-state index contributed by atoms with van der Waals surface area (Å²) in [6.45, 7) is 2.06. The van der Waals surface area contributed by atoms with Crippen LogP contribution in [0.5, 0.6) is 0 Å². The third kappa shape index (κ3) is 1.64. The van der Waals surface area contributed by atoms with E-state index in [4.69, 9.17) is 0 Å². The molecule has 0 bridgehead atoms. The van der Waals surface area contributed by atoms with Gasteiger partial charge in [-0.1, -0.05) is 6.92 Å². The fourth-order valence-corrected chi connectivity index (χ4v) is 2.21. The minimum absolute atomic E-state index is 0.103. The highest BCUT2D eigenvalue weighted by Gasteiger charge is 2.35. The van der Waals surface area contributed by atoms with E-state index in [9.17, 15) is 9.50 Å². The Kier molecular flexibility index (Phi) is 2.27. The van der Waals surface area contributed by atoms with E-state index in [1.807, 2.05) is 0 Å². The van der Waals surface area contributed by atoms with E-state index >= 15 is 0 Å². The van der Waals surface area contributed by atoms with Gasteiger partial charge in [0.05, 0.1) is 12.3 Å². The summed E-state index contributed by atoms with van der Waals surface area (Å²) in [5, 5.41) is 9.48. The van der Waals surface area contributed by atoms with Gasteiger partial charge < -0.3 is 5.11 Å². The largest absolute Gasteiger partial charge is 0.393 e. The van der Waals surface area contributed by atoms with Gasteiger partial charge in [0, 0.05) is 6.20 Å². The molecule has 1 aliphatic rings. The first kappa shape index (κ1) is 9.59. The highest BCUT2D eigenvalue weighted by molar-refractivity contribution is 5.23. The zero-order valence-electron chi connectivity index (χ0n) is 8.20. The maximum atomic E-state index is 13.0. The molecule has 0 radical (unpaired) electrons. The first-order chi connectivity index (χ1) is 6.60. The van der Waals surface area contributed by atoms with Gasteiger partial charge in [-0.05, 0) is 36.3 Å². The molecule has 2 rings (SSSR count). The van der Waals surface area contributed by atoms with Gasteiger partial charge in [-0.2, -0.15) is 0 Å². The molecule has 0 amide bonds. The molecule has 0 aromatic carbocycles. The first-order valence-corrected chi connectivity index (χ1v) is 4.89. The van der Waals surface area contributed by atoms with E-state index in [1.165, 1.54) is 12.3 Å². The summed E-state index contributed by atoms with van der Waals surface area (Å²) in [7, 11) is 0. The quantitative estimate of drug-likeness (QED) is 0.743. The molecular formula is C11H14FNO. The summed E-state index contributed by atoms with van der Waals surface area (Å²) in [5.74, 6) is -0.301. The van der Waals surface area contributed by atoms with Crippen LogP contribution < -0.4 is 0 Å². The summed E-state index contributed by atoms with van der Waals surface area (Å²) < 4.78 is 13.0. The van der Waals surface area contributed by atoms with Gasteiger partial charge in [-0.15, -0.1) is 0 Å². The van der Waals surface area contributed by atoms with Crippen molar-refractivity contribution in [2.75, 3.05) is 0 Å². The van der Waals surface area contributed by atoms with Gasteiger partial charge in [0.25, 0.3) is 0 Å². The van der Waals surface area contributed by atoms with Crippen molar-refractivity contribution in [3.8, 4) is 0 Å². The van der Waals surface area contributed by atoms with Crippen molar-refractivity contribution in [2.24, 2.45) is 0 Å². The average Bonchev–Trinajstić information content (AvgIpc) is 2.48. The highest BCUT2D eigenvalue weighted by Crippen LogP contribution is 2.40. The Labute approximate surface area is 82.8 Å².